The average molecular weight is 345 g/mol. The summed E-state index contributed by atoms with van der Waals surface area (Å²) in [6.45, 7) is 2.80. The molecule has 25 heavy (non-hydrogen) atoms. The van der Waals surface area contributed by atoms with Gasteiger partial charge >= 0.3 is 0 Å². The quantitative estimate of drug-likeness (QED) is 0.714. The number of carbonyl (C=O) groups is 1. The number of nitrogen functional groups attached to an aromatic ring is 1. The molecule has 1 aliphatic heterocycles. The van der Waals surface area contributed by atoms with E-state index in [1.165, 1.54) is 51.4 Å². The van der Waals surface area contributed by atoms with Crippen LogP contribution in [0.2, 0.25) is 0 Å². The fourth-order valence-electron chi connectivity index (χ4n) is 4.12. The molecule has 1 aromatic rings. The van der Waals surface area contributed by atoms with Crippen molar-refractivity contribution in [3.8, 4) is 0 Å². The maximum atomic E-state index is 12.9. The predicted molar refractivity (Wildman–Crippen MR) is 105 cm³/mol. The summed E-state index contributed by atoms with van der Waals surface area (Å²) in [5, 5.41) is 6.31. The molecule has 0 radical (unpaired) electrons. The molecule has 1 aromatic carbocycles. The van der Waals surface area contributed by atoms with E-state index < -0.39 is 0 Å². The van der Waals surface area contributed by atoms with Gasteiger partial charge in [0.25, 0.3) is 5.91 Å². The number of benzene rings is 1. The fourth-order valence-corrected chi connectivity index (χ4v) is 4.12. The van der Waals surface area contributed by atoms with Gasteiger partial charge in [-0.2, -0.15) is 0 Å². The van der Waals surface area contributed by atoms with Gasteiger partial charge in [-0.15, -0.1) is 0 Å². The summed E-state index contributed by atoms with van der Waals surface area (Å²) in [6.07, 6.45) is 10.0. The lowest BCUT2D eigenvalue weighted by atomic mass is 9.89. The van der Waals surface area contributed by atoms with Crippen molar-refractivity contribution in [2.75, 3.05) is 42.6 Å². The molecule has 4 N–H and O–H groups in total. The first-order valence-corrected chi connectivity index (χ1v) is 9.83. The first-order valence-electron chi connectivity index (χ1n) is 9.83. The van der Waals surface area contributed by atoms with Gasteiger partial charge in [-0.3, -0.25) is 4.79 Å². The standard InChI is InChI=1S/C20H32N4O/c1-22-18-13-19(24-10-6-3-7-11-24)16(12-17(18)21)20(25)23-14-15-8-4-2-5-9-15/h12-13,15,22H,2-11,14,21H2,1H3,(H,23,25). The second kappa shape index (κ2) is 8.45. The summed E-state index contributed by atoms with van der Waals surface area (Å²) < 4.78 is 0. The molecule has 0 bridgehead atoms. The molecule has 3 rings (SSSR count). The second-order valence-corrected chi connectivity index (χ2v) is 7.47. The molecule has 0 aromatic heterocycles. The third-order valence-corrected chi connectivity index (χ3v) is 5.65. The van der Waals surface area contributed by atoms with Gasteiger partial charge in [-0.05, 0) is 50.2 Å². The molecule has 1 amide bonds. The second-order valence-electron chi connectivity index (χ2n) is 7.47. The van der Waals surface area contributed by atoms with Crippen LogP contribution in [0.5, 0.6) is 0 Å². The summed E-state index contributed by atoms with van der Waals surface area (Å²) in [5.74, 6) is 0.644. The molecule has 1 aliphatic carbocycles. The molecular weight excluding hydrogens is 312 g/mol. The monoisotopic (exact) mass is 344 g/mol. The number of hydrogen-bond acceptors (Lipinski definition) is 4. The van der Waals surface area contributed by atoms with Crippen LogP contribution < -0.4 is 21.3 Å². The molecule has 5 heteroatoms. The third-order valence-electron chi connectivity index (χ3n) is 5.65. The van der Waals surface area contributed by atoms with E-state index in [2.05, 4.69) is 15.5 Å². The summed E-state index contributed by atoms with van der Waals surface area (Å²) in [5.41, 5.74) is 9.40. The Balaban J connectivity index is 1.77. The first-order chi connectivity index (χ1) is 12.2. The first kappa shape index (κ1) is 17.9. The zero-order chi connectivity index (χ0) is 17.6. The van der Waals surface area contributed by atoms with Crippen molar-refractivity contribution in [3.05, 3.63) is 17.7 Å². The van der Waals surface area contributed by atoms with E-state index in [0.717, 1.165) is 31.0 Å². The van der Waals surface area contributed by atoms with E-state index in [0.29, 0.717) is 17.2 Å². The van der Waals surface area contributed by atoms with Gasteiger partial charge in [0.2, 0.25) is 0 Å². The highest BCUT2D eigenvalue weighted by atomic mass is 16.1. The van der Waals surface area contributed by atoms with Crippen molar-refractivity contribution < 1.29 is 4.79 Å². The number of piperidine rings is 1. The van der Waals surface area contributed by atoms with E-state index in [9.17, 15) is 4.79 Å². The minimum absolute atomic E-state index is 0.0144. The van der Waals surface area contributed by atoms with Crippen LogP contribution in [0.3, 0.4) is 0 Å². The van der Waals surface area contributed by atoms with Crippen LogP contribution in [0, 0.1) is 5.92 Å². The lowest BCUT2D eigenvalue weighted by molar-refractivity contribution is 0.0944. The zero-order valence-corrected chi connectivity index (χ0v) is 15.4. The molecule has 0 unspecified atom stereocenters. The molecule has 0 atom stereocenters. The van der Waals surface area contributed by atoms with E-state index >= 15 is 0 Å². The number of rotatable bonds is 5. The largest absolute Gasteiger partial charge is 0.397 e. The summed E-state index contributed by atoms with van der Waals surface area (Å²) >= 11 is 0. The van der Waals surface area contributed by atoms with Gasteiger partial charge < -0.3 is 21.3 Å². The van der Waals surface area contributed by atoms with Crippen LogP contribution in [0.25, 0.3) is 0 Å². The van der Waals surface area contributed by atoms with Gasteiger partial charge in [-0.25, -0.2) is 0 Å². The van der Waals surface area contributed by atoms with Crippen molar-refractivity contribution in [1.82, 2.24) is 5.32 Å². The Morgan fingerprint density at radius 3 is 2.48 bits per heavy atom. The van der Waals surface area contributed by atoms with Crippen molar-refractivity contribution in [1.29, 1.82) is 0 Å². The van der Waals surface area contributed by atoms with Gasteiger partial charge in [0.15, 0.2) is 0 Å². The van der Waals surface area contributed by atoms with Gasteiger partial charge in [0.05, 0.1) is 22.6 Å². The topological polar surface area (TPSA) is 70.4 Å². The molecule has 1 heterocycles. The number of carbonyl (C=O) groups excluding carboxylic acids is 1. The van der Waals surface area contributed by atoms with Crippen LogP contribution in [0.15, 0.2) is 12.1 Å². The summed E-state index contributed by atoms with van der Waals surface area (Å²) in [6, 6.07) is 3.88. The Morgan fingerprint density at radius 2 is 1.80 bits per heavy atom. The highest BCUT2D eigenvalue weighted by Gasteiger charge is 2.22. The SMILES string of the molecule is CNc1cc(N2CCCCC2)c(C(=O)NCC2CCCCC2)cc1N. The predicted octanol–water partition coefficient (Wildman–Crippen LogP) is 3.61. The Labute approximate surface area is 151 Å². The van der Waals surface area contributed by atoms with E-state index in [1.807, 2.05) is 19.2 Å². The lowest BCUT2D eigenvalue weighted by Crippen LogP contribution is -2.34. The molecule has 5 nitrogen and oxygen atoms in total. The number of amides is 1. The Kier molecular flexibility index (Phi) is 6.05. The molecular formula is C20H32N4O. The maximum Gasteiger partial charge on any atom is 0.253 e. The summed E-state index contributed by atoms with van der Waals surface area (Å²) in [4.78, 5) is 15.2. The lowest BCUT2D eigenvalue weighted by Gasteiger charge is -2.31. The Morgan fingerprint density at radius 1 is 1.12 bits per heavy atom. The zero-order valence-electron chi connectivity index (χ0n) is 15.4. The van der Waals surface area contributed by atoms with Gasteiger partial charge in [-0.1, -0.05) is 19.3 Å². The highest BCUT2D eigenvalue weighted by molar-refractivity contribution is 6.02. The van der Waals surface area contributed by atoms with Crippen molar-refractivity contribution in [3.63, 3.8) is 0 Å². The average Bonchev–Trinajstić information content (AvgIpc) is 2.67. The smallest absolute Gasteiger partial charge is 0.253 e. The van der Waals surface area contributed by atoms with Crippen molar-refractivity contribution >= 4 is 23.0 Å². The highest BCUT2D eigenvalue weighted by Crippen LogP contribution is 2.32. The van der Waals surface area contributed by atoms with Crippen LogP contribution >= 0.6 is 0 Å². The third kappa shape index (κ3) is 4.39. The molecule has 2 fully saturated rings. The minimum Gasteiger partial charge on any atom is -0.397 e. The molecule has 0 spiro atoms. The summed E-state index contributed by atoms with van der Waals surface area (Å²) in [7, 11) is 1.87. The number of hydrogen-bond donors (Lipinski definition) is 3. The molecule has 1 saturated carbocycles. The Bertz CT molecular complexity index is 590. The van der Waals surface area contributed by atoms with E-state index in [4.69, 9.17) is 5.73 Å². The maximum absolute atomic E-state index is 12.9. The van der Waals surface area contributed by atoms with Crippen molar-refractivity contribution in [2.45, 2.75) is 51.4 Å². The normalized spacial score (nSPS) is 18.8. The number of anilines is 3. The number of nitrogens with zero attached hydrogens (tertiary/aromatic N) is 1. The number of nitrogens with one attached hydrogen (secondary N) is 2. The van der Waals surface area contributed by atoms with Crippen LogP contribution in [0.4, 0.5) is 17.1 Å². The van der Waals surface area contributed by atoms with Crippen LogP contribution in [-0.4, -0.2) is 32.6 Å². The van der Waals surface area contributed by atoms with E-state index in [1.54, 1.807) is 0 Å². The Hall–Kier alpha value is -1.91. The molecule has 138 valence electrons. The van der Waals surface area contributed by atoms with Gasteiger partial charge in [0.1, 0.15) is 0 Å². The number of nitrogens with two attached hydrogens (primary N) is 1. The fraction of sp³-hybridized carbons (Fsp3) is 0.650. The minimum atomic E-state index is 0.0144. The van der Waals surface area contributed by atoms with Crippen LogP contribution in [-0.2, 0) is 0 Å². The van der Waals surface area contributed by atoms with Crippen LogP contribution in [0.1, 0.15) is 61.7 Å². The molecule has 1 saturated heterocycles. The van der Waals surface area contributed by atoms with Gasteiger partial charge in [0, 0.05) is 26.7 Å². The van der Waals surface area contributed by atoms with E-state index in [-0.39, 0.29) is 5.91 Å². The molecule has 2 aliphatic rings. The van der Waals surface area contributed by atoms with Crippen molar-refractivity contribution in [2.24, 2.45) is 5.92 Å².